The van der Waals surface area contributed by atoms with E-state index < -0.39 is 0 Å². The number of rotatable bonds is 0. The lowest BCUT2D eigenvalue weighted by Crippen LogP contribution is -2.00. The van der Waals surface area contributed by atoms with Crippen LogP contribution in [0.2, 0.25) is 19.0 Å². The average molecular weight is 94.0 g/mol. The van der Waals surface area contributed by atoms with Gasteiger partial charge in [0.15, 0.2) is 0 Å². The maximum Gasteiger partial charge on any atom is 0.140 e. The van der Waals surface area contributed by atoms with E-state index in [0.29, 0.717) is 0 Å². The van der Waals surface area contributed by atoms with Crippen molar-refractivity contribution >= 4 is 6.71 Å². The molecule has 0 aromatic heterocycles. The van der Waals surface area contributed by atoms with Gasteiger partial charge >= 0.3 is 0 Å². The highest BCUT2D eigenvalue weighted by Gasteiger charge is 2.33. The topological polar surface area (TPSA) is 0 Å². The fraction of sp³-hybridized carbons (Fsp3) is 1.00. The molecule has 0 atom stereocenters. The summed E-state index contributed by atoms with van der Waals surface area (Å²) in [6.45, 7) is 1.17. The zero-order valence-corrected chi connectivity index (χ0v) is 4.69. The van der Waals surface area contributed by atoms with Crippen molar-refractivity contribution in [3.05, 3.63) is 0 Å². The summed E-state index contributed by atoms with van der Waals surface area (Å²) in [5, 5.41) is 0. The van der Waals surface area contributed by atoms with Crippen LogP contribution in [0.3, 0.4) is 0 Å². The molecular formula is C6H11B. The minimum absolute atomic E-state index is 1.17. The molecule has 2 aliphatic rings. The van der Waals surface area contributed by atoms with Gasteiger partial charge in [-0.3, -0.25) is 0 Å². The Morgan fingerprint density at radius 2 is 1.86 bits per heavy atom. The maximum atomic E-state index is 1.58. The van der Waals surface area contributed by atoms with Gasteiger partial charge in [-0.1, -0.05) is 31.8 Å². The van der Waals surface area contributed by atoms with Crippen LogP contribution in [-0.4, -0.2) is 6.71 Å². The predicted molar refractivity (Wildman–Crippen MR) is 32.9 cm³/mol. The zero-order chi connectivity index (χ0) is 4.69. The van der Waals surface area contributed by atoms with Crippen molar-refractivity contribution in [3.8, 4) is 0 Å². The lowest BCUT2D eigenvalue weighted by Gasteiger charge is -2.04. The molecule has 0 radical (unpaired) electrons. The second kappa shape index (κ2) is 1.27. The van der Waals surface area contributed by atoms with Crippen molar-refractivity contribution in [2.75, 3.05) is 0 Å². The van der Waals surface area contributed by atoms with Gasteiger partial charge in [0, 0.05) is 0 Å². The smallest absolute Gasteiger partial charge is 0.0739 e. The molecule has 2 rings (SSSR count). The lowest BCUT2D eigenvalue weighted by atomic mass is 9.48. The maximum absolute atomic E-state index is 1.58. The van der Waals surface area contributed by atoms with Crippen molar-refractivity contribution in [2.45, 2.75) is 31.8 Å². The Morgan fingerprint density at radius 1 is 1.14 bits per heavy atom. The molecule has 7 heavy (non-hydrogen) atoms. The molecule has 2 aliphatic heterocycles. The molecule has 0 amide bonds. The molecule has 38 valence electrons. The van der Waals surface area contributed by atoms with Gasteiger partial charge in [-0.2, -0.15) is 0 Å². The third-order valence-electron chi connectivity index (χ3n) is 2.63. The fourth-order valence-electron chi connectivity index (χ4n) is 2.17. The van der Waals surface area contributed by atoms with Crippen LogP contribution in [0.15, 0.2) is 0 Å². The Kier molecular flexibility index (Phi) is 0.725. The van der Waals surface area contributed by atoms with E-state index >= 15 is 0 Å². The van der Waals surface area contributed by atoms with Crippen molar-refractivity contribution < 1.29 is 0 Å². The number of fused-ring (bicyclic) bond motifs is 2. The minimum Gasteiger partial charge on any atom is -0.0739 e. The van der Waals surface area contributed by atoms with Gasteiger partial charge in [0.1, 0.15) is 6.71 Å². The van der Waals surface area contributed by atoms with E-state index in [1.54, 1.807) is 31.8 Å². The Balaban J connectivity index is 2.12. The van der Waals surface area contributed by atoms with E-state index in [1.165, 1.54) is 12.6 Å². The molecule has 0 unspecified atom stereocenters. The zero-order valence-electron chi connectivity index (χ0n) is 4.69. The van der Waals surface area contributed by atoms with Crippen molar-refractivity contribution in [2.24, 2.45) is 5.92 Å². The molecule has 1 heteroatoms. The van der Waals surface area contributed by atoms with E-state index in [4.69, 9.17) is 0 Å². The summed E-state index contributed by atoms with van der Waals surface area (Å²) in [6, 6.07) is 0. The molecular weight excluding hydrogens is 82.9 g/mol. The quantitative estimate of drug-likeness (QED) is 0.402. The van der Waals surface area contributed by atoms with Crippen LogP contribution in [0.1, 0.15) is 12.8 Å². The summed E-state index contributed by atoms with van der Waals surface area (Å²) in [7, 11) is 0. The standard InChI is InChI=1S/C6H11B/c1-3-7-4-2-6(1)5-7/h6H,1-5H2. The SMILES string of the molecule is C1CC2CCB1C2. The van der Waals surface area contributed by atoms with Gasteiger partial charge in [0.2, 0.25) is 0 Å². The van der Waals surface area contributed by atoms with Gasteiger partial charge in [0.05, 0.1) is 0 Å². The highest BCUT2D eigenvalue weighted by Crippen LogP contribution is 2.40. The van der Waals surface area contributed by atoms with Crippen LogP contribution in [-0.2, 0) is 0 Å². The molecule has 0 saturated carbocycles. The molecule has 2 fully saturated rings. The van der Waals surface area contributed by atoms with E-state index in [0.717, 1.165) is 0 Å². The predicted octanol–water partition coefficient (Wildman–Crippen LogP) is 1.90. The lowest BCUT2D eigenvalue weighted by molar-refractivity contribution is 0.577. The molecule has 0 aliphatic carbocycles. The van der Waals surface area contributed by atoms with Gasteiger partial charge < -0.3 is 0 Å². The Hall–Kier alpha value is 0.0649. The summed E-state index contributed by atoms with van der Waals surface area (Å²) < 4.78 is 0. The Morgan fingerprint density at radius 3 is 2.00 bits per heavy atom. The van der Waals surface area contributed by atoms with Crippen LogP contribution in [0, 0.1) is 5.92 Å². The fourth-order valence-corrected chi connectivity index (χ4v) is 2.17. The first kappa shape index (κ1) is 4.00. The van der Waals surface area contributed by atoms with E-state index in [2.05, 4.69) is 0 Å². The summed E-state index contributed by atoms with van der Waals surface area (Å²) in [5.41, 5.74) is 0. The first-order valence-corrected chi connectivity index (χ1v) is 3.45. The van der Waals surface area contributed by atoms with Crippen LogP contribution >= 0.6 is 0 Å². The van der Waals surface area contributed by atoms with Crippen molar-refractivity contribution in [3.63, 3.8) is 0 Å². The van der Waals surface area contributed by atoms with Gasteiger partial charge in [-0.15, -0.1) is 0 Å². The van der Waals surface area contributed by atoms with Crippen LogP contribution in [0.5, 0.6) is 0 Å². The second-order valence-corrected chi connectivity index (χ2v) is 3.12. The molecule has 2 saturated heterocycles. The molecule has 0 spiro atoms. The Bertz CT molecular complexity index is 62.2. The van der Waals surface area contributed by atoms with Gasteiger partial charge in [-0.25, -0.2) is 0 Å². The first-order chi connectivity index (χ1) is 3.45. The molecule has 0 aromatic rings. The van der Waals surface area contributed by atoms with E-state index in [1.807, 2.05) is 0 Å². The van der Waals surface area contributed by atoms with E-state index in [-0.39, 0.29) is 0 Å². The average Bonchev–Trinajstić information content (AvgIpc) is 2.22. The molecule has 2 bridgehead atoms. The number of hydrogen-bond donors (Lipinski definition) is 0. The highest BCUT2D eigenvalue weighted by molar-refractivity contribution is 6.60. The molecule has 2 heterocycles. The van der Waals surface area contributed by atoms with Crippen molar-refractivity contribution in [1.82, 2.24) is 0 Å². The van der Waals surface area contributed by atoms with Gasteiger partial charge in [-0.05, 0) is 5.92 Å². The molecule has 0 aromatic carbocycles. The van der Waals surface area contributed by atoms with Crippen LogP contribution < -0.4 is 0 Å². The third kappa shape index (κ3) is 0.507. The number of hydrogen-bond acceptors (Lipinski definition) is 0. The monoisotopic (exact) mass is 94.1 g/mol. The third-order valence-corrected chi connectivity index (χ3v) is 2.63. The highest BCUT2D eigenvalue weighted by atomic mass is 14.2. The van der Waals surface area contributed by atoms with Crippen molar-refractivity contribution in [1.29, 1.82) is 0 Å². The normalized spacial score (nSPS) is 30.0. The van der Waals surface area contributed by atoms with Gasteiger partial charge in [0.25, 0.3) is 0 Å². The van der Waals surface area contributed by atoms with Crippen LogP contribution in [0.25, 0.3) is 0 Å². The summed E-state index contributed by atoms with van der Waals surface area (Å²) in [5.74, 6) is 1.17. The first-order valence-electron chi connectivity index (χ1n) is 3.45. The largest absolute Gasteiger partial charge is 0.140 e. The van der Waals surface area contributed by atoms with E-state index in [9.17, 15) is 0 Å². The second-order valence-electron chi connectivity index (χ2n) is 3.12. The molecule has 0 N–H and O–H groups in total. The Labute approximate surface area is 45.4 Å². The minimum atomic E-state index is 1.17. The summed E-state index contributed by atoms with van der Waals surface area (Å²) >= 11 is 0. The summed E-state index contributed by atoms with van der Waals surface area (Å²) in [6.07, 6.45) is 7.82. The summed E-state index contributed by atoms with van der Waals surface area (Å²) in [4.78, 5) is 0. The van der Waals surface area contributed by atoms with Crippen LogP contribution in [0.4, 0.5) is 0 Å². The molecule has 0 nitrogen and oxygen atoms in total.